The molecule has 3 heteroatoms. The fourth-order valence-electron chi connectivity index (χ4n) is 4.95. The molecule has 0 aromatic heterocycles. The number of hydrogen-bond acceptors (Lipinski definition) is 1. The van der Waals surface area contributed by atoms with Crippen LogP contribution in [0.5, 0.6) is 0 Å². The zero-order chi connectivity index (χ0) is 13.0. The summed E-state index contributed by atoms with van der Waals surface area (Å²) in [6.07, 6.45) is 7.30. The van der Waals surface area contributed by atoms with Crippen molar-refractivity contribution in [1.29, 1.82) is 0 Å². The van der Waals surface area contributed by atoms with E-state index in [-0.39, 0.29) is 0 Å². The van der Waals surface area contributed by atoms with Crippen LogP contribution in [0.3, 0.4) is 0 Å². The van der Waals surface area contributed by atoms with Crippen LogP contribution in [0.1, 0.15) is 32.1 Å². The van der Waals surface area contributed by atoms with Crippen LogP contribution < -0.4 is 5.32 Å². The Morgan fingerprint density at radius 2 is 1.63 bits per heavy atom. The molecule has 4 aliphatic carbocycles. The van der Waals surface area contributed by atoms with Crippen molar-refractivity contribution in [2.75, 3.05) is 5.32 Å². The zero-order valence-corrected chi connectivity index (χ0v) is 13.3. The molecule has 4 aliphatic rings. The second-order valence-electron chi connectivity index (χ2n) is 6.73. The number of nitrogens with one attached hydrogen (secondary N) is 1. The Bertz CT molecular complexity index is 474. The highest BCUT2D eigenvalue weighted by Crippen LogP contribution is 2.54. The predicted octanol–water partition coefficient (Wildman–Crippen LogP) is 5.34. The van der Waals surface area contributed by atoms with Crippen molar-refractivity contribution in [2.24, 2.45) is 23.7 Å². The lowest BCUT2D eigenvalue weighted by Crippen LogP contribution is -2.51. The van der Waals surface area contributed by atoms with Gasteiger partial charge in [-0.15, -0.1) is 0 Å². The Morgan fingerprint density at radius 3 is 2.26 bits per heavy atom. The molecule has 5 rings (SSSR count). The van der Waals surface area contributed by atoms with Gasteiger partial charge < -0.3 is 5.32 Å². The first kappa shape index (κ1) is 12.5. The average molecular weight is 341 g/mol. The largest absolute Gasteiger partial charge is 0.381 e. The van der Waals surface area contributed by atoms with Crippen LogP contribution in [-0.2, 0) is 0 Å². The molecule has 1 aromatic rings. The molecule has 0 spiro atoms. The van der Waals surface area contributed by atoms with Crippen LogP contribution in [-0.4, -0.2) is 6.04 Å². The molecule has 0 amide bonds. The topological polar surface area (TPSA) is 12.0 Å². The van der Waals surface area contributed by atoms with Gasteiger partial charge in [-0.25, -0.2) is 0 Å². The van der Waals surface area contributed by atoms with E-state index in [0.29, 0.717) is 6.04 Å². The van der Waals surface area contributed by atoms with Gasteiger partial charge in [-0.05, 0) is 89.9 Å². The Balaban J connectivity index is 1.58. The van der Waals surface area contributed by atoms with Gasteiger partial charge in [0.05, 0.1) is 5.69 Å². The van der Waals surface area contributed by atoms with Gasteiger partial charge in [-0.1, -0.05) is 11.6 Å². The van der Waals surface area contributed by atoms with Gasteiger partial charge in [0, 0.05) is 15.5 Å². The van der Waals surface area contributed by atoms with Gasteiger partial charge in [0.25, 0.3) is 0 Å². The maximum absolute atomic E-state index is 6.12. The maximum atomic E-state index is 6.12. The summed E-state index contributed by atoms with van der Waals surface area (Å²) in [7, 11) is 0. The lowest BCUT2D eigenvalue weighted by Gasteiger charge is -2.54. The quantitative estimate of drug-likeness (QED) is 0.766. The molecule has 19 heavy (non-hydrogen) atoms. The van der Waals surface area contributed by atoms with Crippen molar-refractivity contribution >= 4 is 33.2 Å². The molecular formula is C16H19BrClN. The van der Waals surface area contributed by atoms with E-state index in [1.807, 2.05) is 12.1 Å². The summed E-state index contributed by atoms with van der Waals surface area (Å²) in [4.78, 5) is 0. The third kappa shape index (κ3) is 2.21. The smallest absolute Gasteiger partial charge is 0.0501 e. The van der Waals surface area contributed by atoms with Crippen molar-refractivity contribution < 1.29 is 0 Å². The van der Waals surface area contributed by atoms with Crippen molar-refractivity contribution in [3.05, 3.63) is 27.7 Å². The minimum absolute atomic E-state index is 0.669. The molecule has 1 aromatic carbocycles. The first-order chi connectivity index (χ1) is 9.19. The van der Waals surface area contributed by atoms with Crippen molar-refractivity contribution in [2.45, 2.75) is 38.1 Å². The van der Waals surface area contributed by atoms with Gasteiger partial charge >= 0.3 is 0 Å². The minimum Gasteiger partial charge on any atom is -0.381 e. The van der Waals surface area contributed by atoms with E-state index in [1.165, 1.54) is 37.8 Å². The molecule has 0 atom stereocenters. The van der Waals surface area contributed by atoms with Crippen LogP contribution in [0.2, 0.25) is 5.02 Å². The van der Waals surface area contributed by atoms with Gasteiger partial charge in [0.15, 0.2) is 0 Å². The summed E-state index contributed by atoms with van der Waals surface area (Å²) in [6, 6.07) is 6.70. The second-order valence-corrected chi connectivity index (χ2v) is 8.02. The SMILES string of the molecule is Clc1ccc(Br)c(NC2C3CC4CC(C3)CC2C4)c1. The van der Waals surface area contributed by atoms with Crippen LogP contribution in [0.25, 0.3) is 0 Å². The van der Waals surface area contributed by atoms with E-state index in [0.717, 1.165) is 33.2 Å². The van der Waals surface area contributed by atoms with Crippen LogP contribution in [0.15, 0.2) is 22.7 Å². The molecular weight excluding hydrogens is 322 g/mol. The van der Waals surface area contributed by atoms with E-state index in [9.17, 15) is 0 Å². The molecule has 0 saturated heterocycles. The Labute approximate surface area is 128 Å². The number of halogens is 2. The van der Waals surface area contributed by atoms with Gasteiger partial charge in [0.1, 0.15) is 0 Å². The summed E-state index contributed by atoms with van der Waals surface area (Å²) in [5, 5.41) is 4.62. The summed E-state index contributed by atoms with van der Waals surface area (Å²) >= 11 is 9.76. The second kappa shape index (κ2) is 4.66. The molecule has 0 aliphatic heterocycles. The molecule has 0 unspecified atom stereocenters. The standard InChI is InChI=1S/C16H19BrClN/c17-14-2-1-13(18)8-15(14)19-16-11-4-9-3-10(6-11)7-12(16)5-9/h1-2,8-12,16,19H,3-7H2. The first-order valence-electron chi connectivity index (χ1n) is 7.40. The average Bonchev–Trinajstić information content (AvgIpc) is 2.37. The minimum atomic E-state index is 0.669. The molecule has 0 heterocycles. The number of anilines is 1. The third-order valence-corrected chi connectivity index (χ3v) is 6.40. The van der Waals surface area contributed by atoms with E-state index in [4.69, 9.17) is 11.6 Å². The van der Waals surface area contributed by atoms with E-state index in [1.54, 1.807) is 0 Å². The van der Waals surface area contributed by atoms with Gasteiger partial charge in [-0.2, -0.15) is 0 Å². The molecule has 1 nitrogen and oxygen atoms in total. The normalized spacial score (nSPS) is 39.6. The highest BCUT2D eigenvalue weighted by Gasteiger charge is 2.48. The van der Waals surface area contributed by atoms with Crippen LogP contribution >= 0.6 is 27.5 Å². The lowest BCUT2D eigenvalue weighted by molar-refractivity contribution is 0.00752. The molecule has 0 radical (unpaired) electrons. The third-order valence-electron chi connectivity index (χ3n) is 5.48. The van der Waals surface area contributed by atoms with Crippen LogP contribution in [0, 0.1) is 23.7 Å². The van der Waals surface area contributed by atoms with E-state index >= 15 is 0 Å². The Hall–Kier alpha value is -0.210. The van der Waals surface area contributed by atoms with Crippen LogP contribution in [0.4, 0.5) is 5.69 Å². The fourth-order valence-corrected chi connectivity index (χ4v) is 5.48. The number of rotatable bonds is 2. The molecule has 1 N–H and O–H groups in total. The summed E-state index contributed by atoms with van der Waals surface area (Å²) in [6.45, 7) is 0. The van der Waals surface area contributed by atoms with E-state index in [2.05, 4.69) is 27.3 Å². The lowest BCUT2D eigenvalue weighted by atomic mass is 9.54. The van der Waals surface area contributed by atoms with E-state index < -0.39 is 0 Å². The first-order valence-corrected chi connectivity index (χ1v) is 8.57. The van der Waals surface area contributed by atoms with Crippen molar-refractivity contribution in [3.63, 3.8) is 0 Å². The summed E-state index contributed by atoms with van der Waals surface area (Å²) < 4.78 is 1.13. The summed E-state index contributed by atoms with van der Waals surface area (Å²) in [5.41, 5.74) is 1.17. The number of hydrogen-bond donors (Lipinski definition) is 1. The summed E-state index contributed by atoms with van der Waals surface area (Å²) in [5.74, 6) is 3.84. The van der Waals surface area contributed by atoms with Crippen molar-refractivity contribution in [3.8, 4) is 0 Å². The molecule has 4 saturated carbocycles. The fraction of sp³-hybridized carbons (Fsp3) is 0.625. The predicted molar refractivity (Wildman–Crippen MR) is 83.6 cm³/mol. The number of benzene rings is 1. The van der Waals surface area contributed by atoms with Gasteiger partial charge in [-0.3, -0.25) is 0 Å². The highest BCUT2D eigenvalue weighted by molar-refractivity contribution is 9.10. The molecule has 102 valence electrons. The zero-order valence-electron chi connectivity index (χ0n) is 10.9. The van der Waals surface area contributed by atoms with Crippen molar-refractivity contribution in [1.82, 2.24) is 0 Å². The molecule has 4 bridgehead atoms. The molecule has 4 fully saturated rings. The highest BCUT2D eigenvalue weighted by atomic mass is 79.9. The Kier molecular flexibility index (Phi) is 3.07. The monoisotopic (exact) mass is 339 g/mol. The maximum Gasteiger partial charge on any atom is 0.0501 e. The van der Waals surface area contributed by atoms with Gasteiger partial charge in [0.2, 0.25) is 0 Å². The Morgan fingerprint density at radius 1 is 1.00 bits per heavy atom.